The summed E-state index contributed by atoms with van der Waals surface area (Å²) < 4.78 is 46.8. The van der Waals surface area contributed by atoms with Crippen LogP contribution in [-0.4, -0.2) is 28.8 Å². The van der Waals surface area contributed by atoms with Crippen LogP contribution in [0.5, 0.6) is 5.75 Å². The summed E-state index contributed by atoms with van der Waals surface area (Å²) in [6.07, 6.45) is 8.97. The number of nitrogens with zero attached hydrogens (tertiary/aromatic N) is 3. The summed E-state index contributed by atoms with van der Waals surface area (Å²) in [4.78, 5) is 8.43. The Morgan fingerprint density at radius 2 is 1.77 bits per heavy atom. The lowest BCUT2D eigenvalue weighted by Crippen LogP contribution is -2.33. The number of anilines is 2. The number of hydrogen-bond donors (Lipinski definition) is 1. The Kier molecular flexibility index (Phi) is 6.71. The molecular weight excluding hydrogens is 479 g/mol. The number of aryl methyl sites for hydroxylation is 1. The molecule has 0 aliphatic carbocycles. The minimum Gasteiger partial charge on any atom is -0.450 e. The lowest BCUT2D eigenvalue weighted by Gasteiger charge is -2.33. The zero-order valence-electron chi connectivity index (χ0n) is 19.7. The summed E-state index contributed by atoms with van der Waals surface area (Å²) in [7, 11) is 0. The van der Waals surface area contributed by atoms with E-state index >= 15 is 0 Å². The molecule has 0 saturated carbocycles. The van der Waals surface area contributed by atoms with Crippen molar-refractivity contribution in [2.24, 2.45) is 0 Å². The van der Waals surface area contributed by atoms with Gasteiger partial charge < -0.3 is 19.6 Å². The minimum absolute atomic E-state index is 0.0793. The first-order valence-corrected chi connectivity index (χ1v) is 11.3. The Bertz CT molecular complexity index is 1270. The smallest absolute Gasteiger partial charge is 0.198 e. The summed E-state index contributed by atoms with van der Waals surface area (Å²) in [6, 6.07) is 3.02. The van der Waals surface area contributed by atoms with Gasteiger partial charge >= 0.3 is 0 Å². The third kappa shape index (κ3) is 5.23. The number of aromatic nitrogens is 1. The number of pyridine rings is 1. The van der Waals surface area contributed by atoms with Gasteiger partial charge in [0.1, 0.15) is 17.4 Å². The van der Waals surface area contributed by atoms with E-state index in [2.05, 4.69) is 4.98 Å². The van der Waals surface area contributed by atoms with E-state index in [1.54, 1.807) is 26.1 Å². The Balaban J connectivity index is 1.60. The highest BCUT2D eigenvalue weighted by molar-refractivity contribution is 6.30. The van der Waals surface area contributed by atoms with Gasteiger partial charge in [-0.25, -0.2) is 18.2 Å². The van der Waals surface area contributed by atoms with Crippen molar-refractivity contribution in [3.05, 3.63) is 93.9 Å². The molecule has 2 aliphatic heterocycles. The Labute approximate surface area is 207 Å². The van der Waals surface area contributed by atoms with Crippen LogP contribution in [0.4, 0.5) is 24.7 Å². The fourth-order valence-electron chi connectivity index (χ4n) is 3.84. The summed E-state index contributed by atoms with van der Waals surface area (Å²) in [5.41, 5.74) is 2.35. The first kappa shape index (κ1) is 24.9. The largest absolute Gasteiger partial charge is 0.450 e. The molecule has 0 atom stereocenters. The quantitative estimate of drug-likeness (QED) is 0.535. The Morgan fingerprint density at radius 3 is 2.43 bits per heavy atom. The Morgan fingerprint density at radius 1 is 1.09 bits per heavy atom. The van der Waals surface area contributed by atoms with Gasteiger partial charge in [0.05, 0.1) is 17.2 Å². The highest BCUT2D eigenvalue weighted by atomic mass is 35.5. The van der Waals surface area contributed by atoms with Crippen LogP contribution in [0.1, 0.15) is 26.3 Å². The fourth-order valence-corrected chi connectivity index (χ4v) is 4.05. The number of benzene rings is 1. The lowest BCUT2D eigenvalue weighted by molar-refractivity contribution is 0.118. The van der Waals surface area contributed by atoms with Crippen molar-refractivity contribution >= 4 is 23.1 Å². The lowest BCUT2D eigenvalue weighted by atomic mass is 9.96. The van der Waals surface area contributed by atoms with Crippen LogP contribution < -0.4 is 14.5 Å². The summed E-state index contributed by atoms with van der Waals surface area (Å²) in [6.45, 7) is 7.89. The van der Waals surface area contributed by atoms with Crippen LogP contribution in [-0.2, 0) is 0 Å². The average Bonchev–Trinajstić information content (AvgIpc) is 2.78. The van der Waals surface area contributed by atoms with Crippen LogP contribution in [0.3, 0.4) is 0 Å². The van der Waals surface area contributed by atoms with Crippen molar-refractivity contribution < 1.29 is 23.0 Å². The van der Waals surface area contributed by atoms with Gasteiger partial charge in [-0.2, -0.15) is 0 Å². The monoisotopic (exact) mass is 503 g/mol. The molecule has 9 heteroatoms. The van der Waals surface area contributed by atoms with Gasteiger partial charge in [0.2, 0.25) is 0 Å². The first-order chi connectivity index (χ1) is 16.4. The van der Waals surface area contributed by atoms with Gasteiger partial charge in [0.25, 0.3) is 0 Å². The second-order valence-corrected chi connectivity index (χ2v) is 9.45. The van der Waals surface area contributed by atoms with E-state index in [-0.39, 0.29) is 17.3 Å². The van der Waals surface area contributed by atoms with Crippen molar-refractivity contribution in [3.8, 4) is 5.75 Å². The normalized spacial score (nSPS) is 16.5. The minimum atomic E-state index is -1.16. The molecular formula is C26H25ClF3N3O2. The van der Waals surface area contributed by atoms with Gasteiger partial charge in [0, 0.05) is 54.6 Å². The topological polar surface area (TPSA) is 48.8 Å². The standard InChI is InChI=1S/C26H25ClF3N3O2/c1-15-12-31-24(32-7-5-6-17(13-32)26(3,4)34)11-22(15)33-14-19(27)23(8-16(33)2)35-25-20(29)9-18(28)10-21(25)30/h5-12,34H,13-14H2,1-4H3. The second-order valence-electron chi connectivity index (χ2n) is 8.99. The molecule has 1 aromatic heterocycles. The molecule has 0 bridgehead atoms. The molecule has 2 aliphatic rings. The van der Waals surface area contributed by atoms with Crippen molar-refractivity contribution in [1.29, 1.82) is 0 Å². The van der Waals surface area contributed by atoms with Crippen LogP contribution >= 0.6 is 11.6 Å². The molecule has 1 aromatic carbocycles. The SMILES string of the molecule is CC1=CC(Oc2c(F)cc(F)cc2F)=C(Cl)CN1c1cc(N2C=CC=C(C(C)(C)O)C2)ncc1C. The summed E-state index contributed by atoms with van der Waals surface area (Å²) in [5.74, 6) is -3.30. The van der Waals surface area contributed by atoms with Crippen molar-refractivity contribution in [2.45, 2.75) is 33.3 Å². The first-order valence-electron chi connectivity index (χ1n) is 10.9. The van der Waals surface area contributed by atoms with E-state index in [4.69, 9.17) is 16.3 Å². The van der Waals surface area contributed by atoms with Crippen molar-refractivity contribution in [1.82, 2.24) is 4.98 Å². The van der Waals surface area contributed by atoms with E-state index < -0.39 is 28.8 Å². The molecule has 3 heterocycles. The predicted molar refractivity (Wildman–Crippen MR) is 131 cm³/mol. The molecule has 0 saturated heterocycles. The van der Waals surface area contributed by atoms with Crippen LogP contribution in [0.2, 0.25) is 0 Å². The third-order valence-electron chi connectivity index (χ3n) is 5.84. The number of aliphatic hydroxyl groups is 1. The average molecular weight is 504 g/mol. The number of rotatable bonds is 5. The Hall–Kier alpha value is -3.23. The van der Waals surface area contributed by atoms with E-state index in [0.717, 1.165) is 22.5 Å². The number of ether oxygens (including phenoxy) is 1. The maximum Gasteiger partial charge on any atom is 0.198 e. The van der Waals surface area contributed by atoms with Crippen molar-refractivity contribution in [3.63, 3.8) is 0 Å². The molecule has 0 fully saturated rings. The third-order valence-corrected chi connectivity index (χ3v) is 6.15. The molecule has 0 spiro atoms. The van der Waals surface area contributed by atoms with Gasteiger partial charge in [-0.3, -0.25) is 0 Å². The van der Waals surface area contributed by atoms with E-state index in [1.807, 2.05) is 48.1 Å². The predicted octanol–water partition coefficient (Wildman–Crippen LogP) is 6.09. The summed E-state index contributed by atoms with van der Waals surface area (Å²) >= 11 is 6.47. The van der Waals surface area contributed by atoms with Crippen molar-refractivity contribution in [2.75, 3.05) is 22.9 Å². The number of halogens is 4. The molecule has 0 unspecified atom stereocenters. The zero-order valence-corrected chi connectivity index (χ0v) is 20.5. The zero-order chi connectivity index (χ0) is 25.5. The second kappa shape index (κ2) is 9.43. The molecule has 35 heavy (non-hydrogen) atoms. The highest BCUT2D eigenvalue weighted by Crippen LogP contribution is 2.35. The summed E-state index contributed by atoms with van der Waals surface area (Å²) in [5, 5.41) is 10.6. The molecule has 0 radical (unpaired) electrons. The van der Waals surface area contributed by atoms with Gasteiger partial charge in [-0.1, -0.05) is 17.7 Å². The van der Waals surface area contributed by atoms with E-state index in [9.17, 15) is 18.3 Å². The van der Waals surface area contributed by atoms with E-state index in [1.165, 1.54) is 0 Å². The molecule has 2 aromatic rings. The van der Waals surface area contributed by atoms with Crippen LogP contribution in [0.25, 0.3) is 0 Å². The number of allylic oxidation sites excluding steroid dienone is 4. The molecule has 1 N–H and O–H groups in total. The molecule has 5 nitrogen and oxygen atoms in total. The van der Waals surface area contributed by atoms with Gasteiger partial charge in [0.15, 0.2) is 17.4 Å². The highest BCUT2D eigenvalue weighted by Gasteiger charge is 2.26. The van der Waals surface area contributed by atoms with Gasteiger partial charge in [-0.15, -0.1) is 0 Å². The van der Waals surface area contributed by atoms with Crippen LogP contribution in [0.15, 0.2) is 70.9 Å². The number of hydrogen-bond acceptors (Lipinski definition) is 5. The maximum absolute atomic E-state index is 14.1. The molecule has 184 valence electrons. The maximum atomic E-state index is 14.1. The van der Waals surface area contributed by atoms with Crippen LogP contribution in [0, 0.1) is 24.4 Å². The molecule has 4 rings (SSSR count). The van der Waals surface area contributed by atoms with Gasteiger partial charge in [-0.05, 0) is 44.9 Å². The van der Waals surface area contributed by atoms with E-state index in [0.29, 0.717) is 24.5 Å². The molecule has 0 amide bonds. The fraction of sp³-hybridized carbons (Fsp3) is 0.269.